The summed E-state index contributed by atoms with van der Waals surface area (Å²) in [5.74, 6) is 0.403. The molecule has 0 bridgehead atoms. The van der Waals surface area contributed by atoms with Crippen molar-refractivity contribution in [3.63, 3.8) is 0 Å². The quantitative estimate of drug-likeness (QED) is 0.807. The minimum absolute atomic E-state index is 0.149. The highest BCUT2D eigenvalue weighted by atomic mass is 79.9. The second kappa shape index (κ2) is 3.38. The summed E-state index contributed by atoms with van der Waals surface area (Å²) in [5, 5.41) is 10.5. The van der Waals surface area contributed by atoms with Gasteiger partial charge in [-0.3, -0.25) is 0 Å². The minimum Gasteiger partial charge on any atom is -0.382 e. The van der Waals surface area contributed by atoms with Crippen molar-refractivity contribution in [1.82, 2.24) is 15.2 Å². The first kappa shape index (κ1) is 6.13. The SMILES string of the molecule is [2H]C([2H])([2H])Nc1ncc(Br)c2cc(N)nnc12. The second-order valence-corrected chi connectivity index (χ2v) is 3.47. The van der Waals surface area contributed by atoms with Gasteiger partial charge in [0.1, 0.15) is 11.3 Å². The highest BCUT2D eigenvalue weighted by Gasteiger charge is 2.07. The molecular weight excluding hydrogens is 246 g/mol. The number of nitrogen functional groups attached to an aromatic ring is 1. The highest BCUT2D eigenvalue weighted by Crippen LogP contribution is 2.26. The minimum atomic E-state index is -2.34. The number of nitrogens with one attached hydrogen (secondary N) is 1. The van der Waals surface area contributed by atoms with Crippen LogP contribution in [0, 0.1) is 0 Å². The summed E-state index contributed by atoms with van der Waals surface area (Å²) < 4.78 is 22.1. The normalized spacial score (nSPS) is 14.5. The van der Waals surface area contributed by atoms with E-state index in [1.54, 1.807) is 6.07 Å². The molecule has 2 aromatic heterocycles. The Bertz CT molecular complexity index is 571. The van der Waals surface area contributed by atoms with Gasteiger partial charge in [-0.15, -0.1) is 10.2 Å². The Hall–Kier alpha value is -1.43. The fraction of sp³-hybridized carbons (Fsp3) is 0.125. The van der Waals surface area contributed by atoms with Gasteiger partial charge in [-0.2, -0.15) is 0 Å². The van der Waals surface area contributed by atoms with Gasteiger partial charge in [0, 0.05) is 27.1 Å². The summed E-state index contributed by atoms with van der Waals surface area (Å²) in [4.78, 5) is 3.96. The number of aromatic nitrogens is 3. The van der Waals surface area contributed by atoms with Gasteiger partial charge < -0.3 is 11.1 Å². The molecule has 0 saturated heterocycles. The van der Waals surface area contributed by atoms with Gasteiger partial charge in [0.15, 0.2) is 5.82 Å². The average Bonchev–Trinajstić information content (AvgIpc) is 2.21. The molecule has 0 fully saturated rings. The van der Waals surface area contributed by atoms with Gasteiger partial charge in [-0.05, 0) is 22.0 Å². The lowest BCUT2D eigenvalue weighted by Gasteiger charge is -2.04. The number of nitrogens with two attached hydrogens (primary N) is 1. The highest BCUT2D eigenvalue weighted by molar-refractivity contribution is 9.10. The molecule has 72 valence electrons. The standard InChI is InChI=1S/C8H8BrN5/c1-11-8-7-4(5(9)3-12-8)2-6(10)13-14-7/h2-3H,1H3,(H2,10,13)(H,11,12)/i1D3. The summed E-state index contributed by atoms with van der Waals surface area (Å²) in [7, 11) is 0. The van der Waals surface area contributed by atoms with Gasteiger partial charge >= 0.3 is 0 Å². The van der Waals surface area contributed by atoms with Crippen LogP contribution in [0.1, 0.15) is 4.11 Å². The first-order valence-electron chi connectivity index (χ1n) is 5.22. The number of rotatable bonds is 1. The van der Waals surface area contributed by atoms with E-state index in [9.17, 15) is 0 Å². The van der Waals surface area contributed by atoms with Crippen LogP contribution in [0.3, 0.4) is 0 Å². The number of hydrogen-bond donors (Lipinski definition) is 2. The van der Waals surface area contributed by atoms with Crippen molar-refractivity contribution >= 4 is 38.5 Å². The third-order valence-electron chi connectivity index (χ3n) is 1.72. The second-order valence-electron chi connectivity index (χ2n) is 2.61. The maximum Gasteiger partial charge on any atom is 0.154 e. The monoisotopic (exact) mass is 256 g/mol. The van der Waals surface area contributed by atoms with Crippen LogP contribution < -0.4 is 11.1 Å². The molecule has 5 nitrogen and oxygen atoms in total. The van der Waals surface area contributed by atoms with Crippen LogP contribution >= 0.6 is 15.9 Å². The van der Waals surface area contributed by atoms with E-state index < -0.39 is 6.98 Å². The van der Waals surface area contributed by atoms with Crippen molar-refractivity contribution in [1.29, 1.82) is 0 Å². The lowest BCUT2D eigenvalue weighted by atomic mass is 10.2. The molecule has 6 heteroatoms. The van der Waals surface area contributed by atoms with Gasteiger partial charge in [0.05, 0.1) is 0 Å². The van der Waals surface area contributed by atoms with Gasteiger partial charge in [0.25, 0.3) is 0 Å². The molecule has 0 aliphatic carbocycles. The number of fused-ring (bicyclic) bond motifs is 1. The lowest BCUT2D eigenvalue weighted by molar-refractivity contribution is 1.08. The molecule has 0 atom stereocenters. The van der Waals surface area contributed by atoms with Crippen LogP contribution in [0.5, 0.6) is 0 Å². The zero-order chi connectivity index (χ0) is 12.6. The van der Waals surface area contributed by atoms with Crippen molar-refractivity contribution in [3.8, 4) is 0 Å². The summed E-state index contributed by atoms with van der Waals surface area (Å²) >= 11 is 3.29. The van der Waals surface area contributed by atoms with Crippen molar-refractivity contribution in [2.75, 3.05) is 18.0 Å². The van der Waals surface area contributed by atoms with Crippen molar-refractivity contribution in [2.24, 2.45) is 0 Å². The Morgan fingerprint density at radius 1 is 1.57 bits per heavy atom. The van der Waals surface area contributed by atoms with Crippen LogP contribution in [0.4, 0.5) is 11.6 Å². The van der Waals surface area contributed by atoms with Crippen molar-refractivity contribution < 1.29 is 4.11 Å². The van der Waals surface area contributed by atoms with E-state index in [0.29, 0.717) is 15.4 Å². The Morgan fingerprint density at radius 3 is 3.21 bits per heavy atom. The molecule has 0 aliphatic rings. The Labute approximate surface area is 93.1 Å². The Morgan fingerprint density at radius 2 is 2.43 bits per heavy atom. The molecule has 3 N–H and O–H groups in total. The third kappa shape index (κ3) is 1.37. The lowest BCUT2D eigenvalue weighted by Crippen LogP contribution is -1.99. The topological polar surface area (TPSA) is 76.7 Å². The molecule has 0 spiro atoms. The molecule has 14 heavy (non-hydrogen) atoms. The zero-order valence-corrected chi connectivity index (χ0v) is 8.54. The van der Waals surface area contributed by atoms with Crippen LogP contribution in [0.2, 0.25) is 0 Å². The first-order valence-corrected chi connectivity index (χ1v) is 4.52. The molecule has 0 saturated carbocycles. The average molecular weight is 257 g/mol. The fourth-order valence-corrected chi connectivity index (χ4v) is 1.51. The number of hydrogen-bond acceptors (Lipinski definition) is 5. The maximum absolute atomic E-state index is 7.14. The van der Waals surface area contributed by atoms with Gasteiger partial charge in [-0.25, -0.2) is 4.98 Å². The number of pyridine rings is 1. The fourth-order valence-electron chi connectivity index (χ4n) is 1.11. The number of nitrogens with zero attached hydrogens (tertiary/aromatic N) is 3. The molecule has 0 aliphatic heterocycles. The van der Waals surface area contributed by atoms with Crippen LogP contribution in [0.25, 0.3) is 10.9 Å². The molecule has 2 heterocycles. The van der Waals surface area contributed by atoms with Crippen molar-refractivity contribution in [3.05, 3.63) is 16.7 Å². The predicted molar refractivity (Wildman–Crippen MR) is 59.0 cm³/mol. The van der Waals surface area contributed by atoms with Crippen LogP contribution in [-0.2, 0) is 0 Å². The Balaban J connectivity index is 2.62. The summed E-state index contributed by atoms with van der Waals surface area (Å²) in [6.45, 7) is -2.34. The maximum atomic E-state index is 7.14. The molecule has 0 unspecified atom stereocenters. The van der Waals surface area contributed by atoms with Crippen molar-refractivity contribution in [2.45, 2.75) is 0 Å². The largest absolute Gasteiger partial charge is 0.382 e. The van der Waals surface area contributed by atoms with E-state index >= 15 is 0 Å². The smallest absolute Gasteiger partial charge is 0.154 e. The van der Waals surface area contributed by atoms with Crippen LogP contribution in [-0.4, -0.2) is 22.2 Å². The molecule has 0 amide bonds. The zero-order valence-electron chi connectivity index (χ0n) is 9.95. The van der Waals surface area contributed by atoms with E-state index in [0.717, 1.165) is 0 Å². The summed E-state index contributed by atoms with van der Waals surface area (Å²) in [6, 6.07) is 1.60. The predicted octanol–water partition coefficient (Wildman–Crippen LogP) is 1.41. The molecule has 2 rings (SSSR count). The van der Waals surface area contributed by atoms with E-state index in [4.69, 9.17) is 9.85 Å². The van der Waals surface area contributed by atoms with Gasteiger partial charge in [-0.1, -0.05) is 0 Å². The van der Waals surface area contributed by atoms with Gasteiger partial charge in [0.2, 0.25) is 0 Å². The summed E-state index contributed by atoms with van der Waals surface area (Å²) in [6.07, 6.45) is 1.48. The van der Waals surface area contributed by atoms with E-state index in [1.807, 2.05) is 0 Å². The number of anilines is 2. The molecule has 2 aromatic rings. The summed E-state index contributed by atoms with van der Waals surface area (Å²) in [5.41, 5.74) is 5.88. The third-order valence-corrected chi connectivity index (χ3v) is 2.35. The number of halogens is 1. The van der Waals surface area contributed by atoms with E-state index in [-0.39, 0.29) is 11.6 Å². The molecule has 0 radical (unpaired) electrons. The first-order chi connectivity index (χ1) is 7.87. The Kier molecular flexibility index (Phi) is 1.48. The van der Waals surface area contributed by atoms with E-state index in [1.165, 1.54) is 6.20 Å². The van der Waals surface area contributed by atoms with E-state index in [2.05, 4.69) is 36.4 Å². The molecule has 0 aromatic carbocycles. The molecular formula is C8H8BrN5. The van der Waals surface area contributed by atoms with Crippen LogP contribution in [0.15, 0.2) is 16.7 Å².